The number of hydrogen-bond donors (Lipinski definition) is 1. The summed E-state index contributed by atoms with van der Waals surface area (Å²) >= 11 is 3.16. The maximum atomic E-state index is 13.0. The van der Waals surface area contributed by atoms with Gasteiger partial charge in [0.2, 0.25) is 0 Å². The predicted molar refractivity (Wildman–Crippen MR) is 89.2 cm³/mol. The van der Waals surface area contributed by atoms with E-state index in [9.17, 15) is 14.0 Å². The zero-order valence-electron chi connectivity index (χ0n) is 12.8. The summed E-state index contributed by atoms with van der Waals surface area (Å²) in [5.74, 6) is -0.741. The number of amides is 1. The molecule has 0 spiro atoms. The van der Waals surface area contributed by atoms with Crippen molar-refractivity contribution in [2.24, 2.45) is 0 Å². The fraction of sp³-hybridized carbons (Fsp3) is 0.176. The van der Waals surface area contributed by atoms with Crippen molar-refractivity contribution in [3.8, 4) is 5.75 Å². The Labute approximate surface area is 146 Å². The molecule has 1 amide bonds. The predicted octanol–water partition coefficient (Wildman–Crippen LogP) is 3.07. The molecular weight excluding hydrogens is 381 g/mol. The zero-order chi connectivity index (χ0) is 17.5. The standard InChI is InChI=1S/C17H15BrFNO4/c1-23-17(22)12-4-2-11(3-5-12)9-20-16(21)10-24-15-7-6-13(19)8-14(15)18/h2-8H,9-10H2,1H3,(H,20,21). The number of halogens is 2. The molecular formula is C17H15BrFNO4. The van der Waals surface area contributed by atoms with Crippen molar-refractivity contribution in [1.29, 1.82) is 0 Å². The Kier molecular flexibility index (Phi) is 6.31. The van der Waals surface area contributed by atoms with Gasteiger partial charge >= 0.3 is 5.97 Å². The van der Waals surface area contributed by atoms with Crippen LogP contribution in [0.1, 0.15) is 15.9 Å². The fourth-order valence-electron chi connectivity index (χ4n) is 1.86. The lowest BCUT2D eigenvalue weighted by Crippen LogP contribution is -2.28. The van der Waals surface area contributed by atoms with Gasteiger partial charge in [0.05, 0.1) is 17.1 Å². The maximum absolute atomic E-state index is 13.0. The Morgan fingerprint density at radius 2 is 1.88 bits per heavy atom. The number of carbonyl (C=O) groups is 2. The van der Waals surface area contributed by atoms with Crippen LogP contribution in [0, 0.1) is 5.82 Å². The average molecular weight is 396 g/mol. The van der Waals surface area contributed by atoms with Gasteiger partial charge in [-0.15, -0.1) is 0 Å². The minimum absolute atomic E-state index is 0.190. The summed E-state index contributed by atoms with van der Waals surface area (Å²) in [4.78, 5) is 23.1. The molecule has 0 atom stereocenters. The van der Waals surface area contributed by atoms with Gasteiger partial charge in [0.25, 0.3) is 5.91 Å². The molecule has 126 valence electrons. The first-order chi connectivity index (χ1) is 11.5. The van der Waals surface area contributed by atoms with Crippen LogP contribution in [0.3, 0.4) is 0 Å². The van der Waals surface area contributed by atoms with Crippen LogP contribution >= 0.6 is 15.9 Å². The van der Waals surface area contributed by atoms with Crippen LogP contribution in [0.5, 0.6) is 5.75 Å². The number of carbonyl (C=O) groups excluding carboxylic acids is 2. The highest BCUT2D eigenvalue weighted by molar-refractivity contribution is 9.10. The summed E-state index contributed by atoms with van der Waals surface area (Å²) in [5, 5.41) is 2.69. The third-order valence-electron chi connectivity index (χ3n) is 3.12. The van der Waals surface area contributed by atoms with Crippen LogP contribution in [-0.2, 0) is 16.1 Å². The van der Waals surface area contributed by atoms with Gasteiger partial charge in [-0.3, -0.25) is 4.79 Å². The first-order valence-electron chi connectivity index (χ1n) is 7.01. The molecule has 0 radical (unpaired) electrons. The highest BCUT2D eigenvalue weighted by Gasteiger charge is 2.08. The van der Waals surface area contributed by atoms with Crippen molar-refractivity contribution in [2.45, 2.75) is 6.54 Å². The topological polar surface area (TPSA) is 64.6 Å². The molecule has 0 heterocycles. The van der Waals surface area contributed by atoms with E-state index in [1.807, 2.05) is 0 Å². The van der Waals surface area contributed by atoms with E-state index in [0.717, 1.165) is 5.56 Å². The van der Waals surface area contributed by atoms with Gasteiger partial charge in [-0.2, -0.15) is 0 Å². The van der Waals surface area contributed by atoms with Crippen molar-refractivity contribution in [1.82, 2.24) is 5.32 Å². The van der Waals surface area contributed by atoms with Crippen LogP contribution in [0.25, 0.3) is 0 Å². The van der Waals surface area contributed by atoms with Gasteiger partial charge in [0.1, 0.15) is 11.6 Å². The van der Waals surface area contributed by atoms with Crippen molar-refractivity contribution in [3.63, 3.8) is 0 Å². The van der Waals surface area contributed by atoms with Gasteiger partial charge in [0, 0.05) is 6.54 Å². The van der Waals surface area contributed by atoms with E-state index in [1.165, 1.54) is 25.3 Å². The lowest BCUT2D eigenvalue weighted by Gasteiger charge is -2.09. The Balaban J connectivity index is 1.81. The molecule has 0 aromatic heterocycles. The Hall–Kier alpha value is -2.41. The van der Waals surface area contributed by atoms with Crippen LogP contribution in [0.2, 0.25) is 0 Å². The molecule has 0 fully saturated rings. The summed E-state index contributed by atoms with van der Waals surface area (Å²) in [6, 6.07) is 10.7. The number of rotatable bonds is 6. The normalized spacial score (nSPS) is 10.1. The second-order valence-electron chi connectivity index (χ2n) is 4.83. The van der Waals surface area contributed by atoms with Crippen molar-refractivity contribution in [3.05, 3.63) is 63.9 Å². The largest absolute Gasteiger partial charge is 0.483 e. The van der Waals surface area contributed by atoms with Crippen LogP contribution in [0.15, 0.2) is 46.9 Å². The summed E-state index contributed by atoms with van der Waals surface area (Å²) in [7, 11) is 1.32. The first kappa shape index (κ1) is 17.9. The number of nitrogens with one attached hydrogen (secondary N) is 1. The first-order valence-corrected chi connectivity index (χ1v) is 7.80. The molecule has 7 heteroatoms. The van der Waals surface area contributed by atoms with Crippen molar-refractivity contribution in [2.75, 3.05) is 13.7 Å². The lowest BCUT2D eigenvalue weighted by atomic mass is 10.1. The molecule has 0 aliphatic carbocycles. The van der Waals surface area contributed by atoms with Crippen molar-refractivity contribution >= 4 is 27.8 Å². The summed E-state index contributed by atoms with van der Waals surface area (Å²) in [6.07, 6.45) is 0. The second-order valence-corrected chi connectivity index (χ2v) is 5.68. The lowest BCUT2D eigenvalue weighted by molar-refractivity contribution is -0.123. The van der Waals surface area contributed by atoms with E-state index < -0.39 is 11.8 Å². The van der Waals surface area contributed by atoms with Gasteiger partial charge in [-0.05, 0) is 51.8 Å². The fourth-order valence-corrected chi connectivity index (χ4v) is 2.33. The third kappa shape index (κ3) is 5.06. The second kappa shape index (κ2) is 8.44. The molecule has 2 aromatic rings. The van der Waals surface area contributed by atoms with E-state index in [-0.39, 0.29) is 12.5 Å². The van der Waals surface area contributed by atoms with Crippen molar-refractivity contribution < 1.29 is 23.5 Å². The summed E-state index contributed by atoms with van der Waals surface area (Å²) < 4.78 is 23.3. The summed E-state index contributed by atoms with van der Waals surface area (Å²) in [6.45, 7) is 0.110. The smallest absolute Gasteiger partial charge is 0.337 e. The molecule has 24 heavy (non-hydrogen) atoms. The number of hydrogen-bond acceptors (Lipinski definition) is 4. The van der Waals surface area contributed by atoms with Gasteiger partial charge < -0.3 is 14.8 Å². The number of ether oxygens (including phenoxy) is 2. The summed E-state index contributed by atoms with van der Waals surface area (Å²) in [5.41, 5.74) is 1.27. The zero-order valence-corrected chi connectivity index (χ0v) is 14.4. The van der Waals surface area contributed by atoms with E-state index in [0.29, 0.717) is 22.3 Å². The van der Waals surface area contributed by atoms with E-state index >= 15 is 0 Å². The highest BCUT2D eigenvalue weighted by atomic mass is 79.9. The minimum Gasteiger partial charge on any atom is -0.483 e. The molecule has 5 nitrogen and oxygen atoms in total. The number of methoxy groups -OCH3 is 1. The minimum atomic E-state index is -0.413. The quantitative estimate of drug-likeness (QED) is 0.763. The average Bonchev–Trinajstić information content (AvgIpc) is 2.59. The van der Waals surface area contributed by atoms with Crippen LogP contribution in [0.4, 0.5) is 4.39 Å². The van der Waals surface area contributed by atoms with Crippen LogP contribution < -0.4 is 10.1 Å². The molecule has 0 saturated heterocycles. The van der Waals surface area contributed by atoms with E-state index in [2.05, 4.69) is 26.0 Å². The molecule has 0 aliphatic rings. The SMILES string of the molecule is COC(=O)c1ccc(CNC(=O)COc2ccc(F)cc2Br)cc1. The number of esters is 1. The Morgan fingerprint density at radius 3 is 2.50 bits per heavy atom. The Bertz CT molecular complexity index is 734. The molecule has 2 aromatic carbocycles. The maximum Gasteiger partial charge on any atom is 0.337 e. The van der Waals surface area contributed by atoms with E-state index in [4.69, 9.17) is 4.74 Å². The van der Waals surface area contributed by atoms with Gasteiger partial charge in [0.15, 0.2) is 6.61 Å². The third-order valence-corrected chi connectivity index (χ3v) is 3.74. The Morgan fingerprint density at radius 1 is 1.17 bits per heavy atom. The molecule has 2 rings (SSSR count). The molecule has 0 aliphatic heterocycles. The molecule has 0 bridgehead atoms. The monoisotopic (exact) mass is 395 g/mol. The molecule has 1 N–H and O–H groups in total. The molecule has 0 saturated carbocycles. The molecule has 0 unspecified atom stereocenters. The highest BCUT2D eigenvalue weighted by Crippen LogP contribution is 2.25. The van der Waals surface area contributed by atoms with E-state index in [1.54, 1.807) is 24.3 Å². The number of benzene rings is 2. The van der Waals surface area contributed by atoms with Gasteiger partial charge in [-0.1, -0.05) is 12.1 Å². The van der Waals surface area contributed by atoms with Crippen LogP contribution in [-0.4, -0.2) is 25.6 Å². The van der Waals surface area contributed by atoms with Gasteiger partial charge in [-0.25, -0.2) is 9.18 Å².